The molecule has 0 saturated carbocycles. The molecular formula is C13H19F3O8S. The summed E-state index contributed by atoms with van der Waals surface area (Å²) in [5.74, 6) is -2.14. The monoisotopic (exact) mass is 392 g/mol. The van der Waals surface area contributed by atoms with Crippen molar-refractivity contribution in [1.82, 2.24) is 0 Å². The van der Waals surface area contributed by atoms with Crippen molar-refractivity contribution in [1.29, 1.82) is 0 Å². The maximum Gasteiger partial charge on any atom is 0.523 e. The minimum atomic E-state index is -5.86. The van der Waals surface area contributed by atoms with Crippen molar-refractivity contribution in [3.05, 3.63) is 0 Å². The minimum absolute atomic E-state index is 0.00751. The Hall–Kier alpha value is -0.500. The molecule has 146 valence electrons. The van der Waals surface area contributed by atoms with Crippen LogP contribution in [0.5, 0.6) is 0 Å². The van der Waals surface area contributed by atoms with Crippen molar-refractivity contribution in [3.8, 4) is 0 Å². The molecule has 0 aromatic rings. The van der Waals surface area contributed by atoms with Gasteiger partial charge >= 0.3 is 15.6 Å². The van der Waals surface area contributed by atoms with Crippen LogP contribution >= 0.6 is 0 Å². The zero-order valence-corrected chi connectivity index (χ0v) is 14.7. The van der Waals surface area contributed by atoms with Gasteiger partial charge in [0.1, 0.15) is 24.4 Å². The summed E-state index contributed by atoms with van der Waals surface area (Å²) in [6.07, 6.45) is -5.86. The molecule has 12 heteroatoms. The average Bonchev–Trinajstić information content (AvgIpc) is 2.99. The van der Waals surface area contributed by atoms with Crippen molar-refractivity contribution in [2.75, 3.05) is 6.61 Å². The molecule has 3 saturated heterocycles. The summed E-state index contributed by atoms with van der Waals surface area (Å²) in [6.45, 7) is 6.27. The van der Waals surface area contributed by atoms with E-state index in [0.29, 0.717) is 0 Å². The van der Waals surface area contributed by atoms with Crippen LogP contribution in [0.4, 0.5) is 13.2 Å². The highest BCUT2D eigenvalue weighted by Gasteiger charge is 2.62. The van der Waals surface area contributed by atoms with Crippen LogP contribution < -0.4 is 0 Å². The molecule has 0 amide bonds. The predicted molar refractivity (Wildman–Crippen MR) is 73.4 cm³/mol. The lowest BCUT2D eigenvalue weighted by atomic mass is 10.1. The van der Waals surface area contributed by atoms with Crippen LogP contribution in [-0.4, -0.2) is 62.8 Å². The third-order valence-electron chi connectivity index (χ3n) is 3.95. The molecule has 1 unspecified atom stereocenters. The van der Waals surface area contributed by atoms with Crippen molar-refractivity contribution in [3.63, 3.8) is 0 Å². The summed E-state index contributed by atoms with van der Waals surface area (Å²) in [5.41, 5.74) is -5.57. The molecule has 5 atom stereocenters. The highest BCUT2D eigenvalue weighted by molar-refractivity contribution is 7.87. The number of alkyl halides is 3. The molecule has 0 bridgehead atoms. The molecule has 0 N–H and O–H groups in total. The Kier molecular flexibility index (Phi) is 4.43. The second kappa shape index (κ2) is 5.75. The first-order valence-electron chi connectivity index (χ1n) is 7.53. The number of rotatable bonds is 3. The van der Waals surface area contributed by atoms with E-state index < -0.39 is 57.9 Å². The normalized spacial score (nSPS) is 40.4. The lowest BCUT2D eigenvalue weighted by Crippen LogP contribution is -2.46. The van der Waals surface area contributed by atoms with Crippen LogP contribution in [0.15, 0.2) is 0 Å². The van der Waals surface area contributed by atoms with E-state index >= 15 is 0 Å². The minimum Gasteiger partial charge on any atom is -0.348 e. The number of hydrogen-bond donors (Lipinski definition) is 0. The molecule has 0 aliphatic carbocycles. The van der Waals surface area contributed by atoms with Gasteiger partial charge in [-0.05, 0) is 27.7 Å². The van der Waals surface area contributed by atoms with Crippen LogP contribution in [0.1, 0.15) is 27.7 Å². The van der Waals surface area contributed by atoms with Gasteiger partial charge in [-0.15, -0.1) is 0 Å². The first-order chi connectivity index (χ1) is 11.2. The molecule has 3 heterocycles. The van der Waals surface area contributed by atoms with Gasteiger partial charge in [0.25, 0.3) is 0 Å². The molecule has 0 spiro atoms. The first-order valence-corrected chi connectivity index (χ1v) is 8.94. The van der Waals surface area contributed by atoms with E-state index in [1.54, 1.807) is 13.8 Å². The Bertz CT molecular complexity index is 632. The van der Waals surface area contributed by atoms with Gasteiger partial charge in [-0.2, -0.15) is 21.6 Å². The highest BCUT2D eigenvalue weighted by Crippen LogP contribution is 2.43. The van der Waals surface area contributed by atoms with E-state index in [1.807, 2.05) is 0 Å². The molecule has 0 aromatic heterocycles. The fourth-order valence-corrected chi connectivity index (χ4v) is 3.61. The number of hydrogen-bond acceptors (Lipinski definition) is 8. The standard InChI is InChI=1S/C13H19F3O8S/c1-11(2)19-5-6(21-11)7-8(24-25(17,18)13(14,15)16)9-10(20-7)23-12(3,4)22-9/h6-10H,5H2,1-4H3/t6?,7-,8+,9+,10+/m0/s1. The number of ether oxygens (including phenoxy) is 5. The van der Waals surface area contributed by atoms with Gasteiger partial charge in [0.2, 0.25) is 0 Å². The Balaban J connectivity index is 1.86. The molecule has 25 heavy (non-hydrogen) atoms. The molecule has 3 aliphatic rings. The number of halogens is 3. The summed E-state index contributed by atoms with van der Waals surface area (Å²) in [6, 6.07) is 0. The topological polar surface area (TPSA) is 89.5 Å². The van der Waals surface area contributed by atoms with E-state index in [9.17, 15) is 21.6 Å². The molecule has 0 aromatic carbocycles. The summed E-state index contributed by atoms with van der Waals surface area (Å²) >= 11 is 0. The zero-order chi connectivity index (χ0) is 18.8. The van der Waals surface area contributed by atoms with Gasteiger partial charge in [-0.25, -0.2) is 0 Å². The Morgan fingerprint density at radius 1 is 1.00 bits per heavy atom. The van der Waals surface area contributed by atoms with Gasteiger partial charge in [-0.3, -0.25) is 4.18 Å². The smallest absolute Gasteiger partial charge is 0.348 e. The average molecular weight is 392 g/mol. The SMILES string of the molecule is CC1(C)OCC([C@@H]2O[C@@H]3OC(C)(C)O[C@@H]3[C@@H]2OS(=O)(=O)C(F)(F)F)O1. The van der Waals surface area contributed by atoms with Crippen LogP contribution in [0.25, 0.3) is 0 Å². The van der Waals surface area contributed by atoms with E-state index in [-0.39, 0.29) is 6.61 Å². The van der Waals surface area contributed by atoms with Crippen molar-refractivity contribution >= 4 is 10.1 Å². The summed E-state index contributed by atoms with van der Waals surface area (Å²) < 4.78 is 93.0. The molecular weight excluding hydrogens is 373 g/mol. The van der Waals surface area contributed by atoms with Crippen molar-refractivity contribution < 1.29 is 49.5 Å². The van der Waals surface area contributed by atoms with Gasteiger partial charge in [0.15, 0.2) is 17.9 Å². The van der Waals surface area contributed by atoms with Crippen LogP contribution in [-0.2, 0) is 38.0 Å². The van der Waals surface area contributed by atoms with E-state index in [4.69, 9.17) is 23.7 Å². The summed E-state index contributed by atoms with van der Waals surface area (Å²) in [4.78, 5) is 0. The van der Waals surface area contributed by atoms with Gasteiger partial charge < -0.3 is 23.7 Å². The van der Waals surface area contributed by atoms with E-state index in [2.05, 4.69) is 4.18 Å². The molecule has 8 nitrogen and oxygen atoms in total. The second-order valence-corrected chi connectivity index (χ2v) is 8.46. The van der Waals surface area contributed by atoms with Gasteiger partial charge in [0.05, 0.1) is 6.61 Å². The van der Waals surface area contributed by atoms with Crippen molar-refractivity contribution in [2.24, 2.45) is 0 Å². The molecule has 0 radical (unpaired) electrons. The van der Waals surface area contributed by atoms with E-state index in [1.165, 1.54) is 13.8 Å². The quantitative estimate of drug-likeness (QED) is 0.524. The fourth-order valence-electron chi connectivity index (χ4n) is 2.99. The summed E-state index contributed by atoms with van der Waals surface area (Å²) in [5, 5.41) is 0. The molecule has 3 fully saturated rings. The lowest BCUT2D eigenvalue weighted by molar-refractivity contribution is -0.230. The largest absolute Gasteiger partial charge is 0.523 e. The lowest BCUT2D eigenvalue weighted by Gasteiger charge is -2.28. The second-order valence-electron chi connectivity index (χ2n) is 6.90. The third-order valence-corrected chi connectivity index (χ3v) is 4.99. The summed E-state index contributed by atoms with van der Waals surface area (Å²) in [7, 11) is -5.86. The maximum absolute atomic E-state index is 12.7. The third kappa shape index (κ3) is 3.66. The van der Waals surface area contributed by atoms with Crippen LogP contribution in [0.2, 0.25) is 0 Å². The van der Waals surface area contributed by atoms with E-state index in [0.717, 1.165) is 0 Å². The predicted octanol–water partition coefficient (Wildman–Crippen LogP) is 1.25. The van der Waals surface area contributed by atoms with Gasteiger partial charge in [-0.1, -0.05) is 0 Å². The Morgan fingerprint density at radius 2 is 1.64 bits per heavy atom. The maximum atomic E-state index is 12.7. The number of fused-ring (bicyclic) bond motifs is 1. The Morgan fingerprint density at radius 3 is 2.16 bits per heavy atom. The highest BCUT2D eigenvalue weighted by atomic mass is 32.2. The fraction of sp³-hybridized carbons (Fsp3) is 1.00. The van der Waals surface area contributed by atoms with Gasteiger partial charge in [0, 0.05) is 0 Å². The zero-order valence-electron chi connectivity index (χ0n) is 13.9. The Labute approximate surface area is 142 Å². The van der Waals surface area contributed by atoms with Crippen LogP contribution in [0.3, 0.4) is 0 Å². The van der Waals surface area contributed by atoms with Crippen LogP contribution in [0, 0.1) is 0 Å². The molecule has 3 rings (SSSR count). The first kappa shape index (κ1) is 19.3. The molecule has 3 aliphatic heterocycles. The van der Waals surface area contributed by atoms with Crippen molar-refractivity contribution in [2.45, 2.75) is 75.5 Å².